The van der Waals surface area contributed by atoms with Crippen molar-refractivity contribution in [2.75, 3.05) is 11.1 Å². The minimum Gasteiger partial charge on any atom is -0.290 e. The molecule has 0 spiro atoms. The van der Waals surface area contributed by atoms with Gasteiger partial charge in [-0.05, 0) is 18.1 Å². The maximum atomic E-state index is 12.9. The fraction of sp³-hybridized carbons (Fsp3) is 0.333. The molecule has 1 atom stereocenters. The van der Waals surface area contributed by atoms with E-state index in [-0.39, 0.29) is 27.7 Å². The van der Waals surface area contributed by atoms with Gasteiger partial charge in [-0.15, -0.1) is 0 Å². The molecular weight excluding hydrogens is 487 g/mol. The molecule has 12 heteroatoms. The molecule has 0 saturated carbocycles. The number of hydrogen-bond donors (Lipinski definition) is 0. The highest BCUT2D eigenvalue weighted by Gasteiger charge is 2.33. The average Bonchev–Trinajstić information content (AvgIpc) is 3.14. The summed E-state index contributed by atoms with van der Waals surface area (Å²) in [5.41, 5.74) is -0.620. The second-order valence-electron chi connectivity index (χ2n) is 6.34. The Bertz CT molecular complexity index is 1230. The Labute approximate surface area is 178 Å². The summed E-state index contributed by atoms with van der Waals surface area (Å²) in [5.74, 6) is -0.773. The van der Waals surface area contributed by atoms with Crippen LogP contribution in [0.25, 0.3) is 17.0 Å². The second kappa shape index (κ2) is 8.31. The zero-order valence-corrected chi connectivity index (χ0v) is 18.0. The van der Waals surface area contributed by atoms with Gasteiger partial charge in [0, 0.05) is 23.8 Å². The van der Waals surface area contributed by atoms with Gasteiger partial charge >= 0.3 is 6.18 Å². The number of halogens is 4. The molecule has 158 valence electrons. The Kier molecular flexibility index (Phi) is 6.14. The molecule has 0 saturated heterocycles. The zero-order valence-electron chi connectivity index (χ0n) is 15.6. The van der Waals surface area contributed by atoms with Crippen molar-refractivity contribution in [1.82, 2.24) is 19.4 Å². The van der Waals surface area contributed by atoms with Gasteiger partial charge in [-0.3, -0.25) is 9.38 Å². The van der Waals surface area contributed by atoms with Gasteiger partial charge in [0.15, 0.2) is 9.84 Å². The van der Waals surface area contributed by atoms with E-state index in [1.54, 1.807) is 0 Å². The number of pyridine rings is 1. The number of nitriles is 1. The Morgan fingerprint density at radius 2 is 2.03 bits per heavy atom. The van der Waals surface area contributed by atoms with Crippen LogP contribution in [0.15, 0.2) is 35.7 Å². The quantitative estimate of drug-likeness (QED) is 0.473. The minimum atomic E-state index is -4.63. The molecule has 3 heterocycles. The summed E-state index contributed by atoms with van der Waals surface area (Å²) in [6.45, 7) is 1.47. The first-order chi connectivity index (χ1) is 14.1. The molecule has 0 amide bonds. The van der Waals surface area contributed by atoms with Crippen molar-refractivity contribution < 1.29 is 21.6 Å². The molecular formula is C18H15BrF3N5O2S. The van der Waals surface area contributed by atoms with Gasteiger partial charge in [0.25, 0.3) is 0 Å². The average molecular weight is 502 g/mol. The van der Waals surface area contributed by atoms with Crippen LogP contribution in [-0.2, 0) is 16.0 Å². The lowest BCUT2D eigenvalue weighted by atomic mass is 9.99. The molecule has 1 unspecified atom stereocenters. The van der Waals surface area contributed by atoms with E-state index in [0.29, 0.717) is 17.3 Å². The molecule has 7 nitrogen and oxygen atoms in total. The topological polar surface area (TPSA) is 101 Å². The van der Waals surface area contributed by atoms with Crippen LogP contribution in [0.3, 0.4) is 0 Å². The molecule has 0 aliphatic rings. The highest BCUT2D eigenvalue weighted by molar-refractivity contribution is 9.09. The van der Waals surface area contributed by atoms with Crippen molar-refractivity contribution in [1.29, 1.82) is 5.26 Å². The standard InChI is InChI=1S/C18H15BrF3N5O2S/c1-2-30(28,29)14-5-12(11(7-23)3-4-19)8-24-17(14)13-9-27-10-25-15(18(20,21)22)6-16(27)26-13/h5-6,8-11H,2-4H2,1H3. The largest absolute Gasteiger partial charge is 0.433 e. The SMILES string of the molecule is CCS(=O)(=O)c1cc(C(C#N)CCBr)cnc1-c1cn2cnc(C(F)(F)F)cc2n1. The summed E-state index contributed by atoms with van der Waals surface area (Å²) in [4.78, 5) is 11.6. The fourth-order valence-corrected chi connectivity index (χ4v) is 4.35. The summed E-state index contributed by atoms with van der Waals surface area (Å²) < 4.78 is 65.4. The molecule has 0 bridgehead atoms. The van der Waals surface area contributed by atoms with Crippen molar-refractivity contribution in [3.63, 3.8) is 0 Å². The van der Waals surface area contributed by atoms with Gasteiger partial charge in [0.1, 0.15) is 29.1 Å². The predicted octanol–water partition coefficient (Wildman–Crippen LogP) is 4.00. The van der Waals surface area contributed by atoms with E-state index in [4.69, 9.17) is 0 Å². The number of hydrogen-bond acceptors (Lipinski definition) is 6. The minimum absolute atomic E-state index is 0.00777. The molecule has 3 aromatic rings. The molecule has 30 heavy (non-hydrogen) atoms. The molecule has 0 fully saturated rings. The van der Waals surface area contributed by atoms with Crippen molar-refractivity contribution >= 4 is 31.4 Å². The highest BCUT2D eigenvalue weighted by Crippen LogP contribution is 2.31. The van der Waals surface area contributed by atoms with Crippen LogP contribution in [0.5, 0.6) is 0 Å². The van der Waals surface area contributed by atoms with Crippen LogP contribution in [-0.4, -0.2) is 38.9 Å². The number of sulfone groups is 1. The predicted molar refractivity (Wildman–Crippen MR) is 106 cm³/mol. The van der Waals surface area contributed by atoms with Crippen LogP contribution >= 0.6 is 15.9 Å². The molecule has 3 aromatic heterocycles. The van der Waals surface area contributed by atoms with Crippen LogP contribution in [0.2, 0.25) is 0 Å². The van der Waals surface area contributed by atoms with Crippen molar-refractivity contribution in [3.8, 4) is 17.5 Å². The van der Waals surface area contributed by atoms with Crippen molar-refractivity contribution in [2.24, 2.45) is 0 Å². The maximum Gasteiger partial charge on any atom is 0.433 e. The monoisotopic (exact) mass is 501 g/mol. The Hall–Kier alpha value is -2.52. The highest BCUT2D eigenvalue weighted by atomic mass is 79.9. The molecule has 0 aliphatic carbocycles. The smallest absolute Gasteiger partial charge is 0.290 e. The Morgan fingerprint density at radius 3 is 2.63 bits per heavy atom. The number of alkyl halides is 4. The number of aromatic nitrogens is 4. The number of nitrogens with zero attached hydrogens (tertiary/aromatic N) is 5. The van der Waals surface area contributed by atoms with Crippen molar-refractivity contribution in [3.05, 3.63) is 42.1 Å². The van der Waals surface area contributed by atoms with E-state index in [2.05, 4.69) is 37.0 Å². The number of rotatable bonds is 6. The van der Waals surface area contributed by atoms with E-state index >= 15 is 0 Å². The van der Waals surface area contributed by atoms with Gasteiger partial charge in [-0.2, -0.15) is 18.4 Å². The van der Waals surface area contributed by atoms with Gasteiger partial charge in [-0.25, -0.2) is 18.4 Å². The van der Waals surface area contributed by atoms with Gasteiger partial charge in [-0.1, -0.05) is 22.9 Å². The van der Waals surface area contributed by atoms with Crippen LogP contribution in [0.4, 0.5) is 13.2 Å². The summed E-state index contributed by atoms with van der Waals surface area (Å²) in [6.07, 6.45) is -0.461. The first kappa shape index (κ1) is 22.2. The third-order valence-electron chi connectivity index (χ3n) is 4.43. The third-order valence-corrected chi connectivity index (χ3v) is 6.63. The molecule has 3 rings (SSSR count). The lowest BCUT2D eigenvalue weighted by molar-refractivity contribution is -0.141. The maximum absolute atomic E-state index is 12.9. The van der Waals surface area contributed by atoms with E-state index < -0.39 is 27.6 Å². The van der Waals surface area contributed by atoms with Gasteiger partial charge in [0.2, 0.25) is 0 Å². The fourth-order valence-electron chi connectivity index (χ4n) is 2.81. The van der Waals surface area contributed by atoms with E-state index in [9.17, 15) is 26.9 Å². The lowest BCUT2D eigenvalue weighted by Crippen LogP contribution is -2.09. The van der Waals surface area contributed by atoms with Crippen LogP contribution < -0.4 is 0 Å². The van der Waals surface area contributed by atoms with E-state index in [0.717, 1.165) is 12.4 Å². The van der Waals surface area contributed by atoms with Gasteiger partial charge < -0.3 is 0 Å². The Morgan fingerprint density at radius 1 is 1.30 bits per heavy atom. The molecule has 0 aliphatic heterocycles. The number of imidazole rings is 1. The normalized spacial score (nSPS) is 13.3. The van der Waals surface area contributed by atoms with Crippen LogP contribution in [0, 0.1) is 11.3 Å². The lowest BCUT2D eigenvalue weighted by Gasteiger charge is -2.12. The van der Waals surface area contributed by atoms with E-state index in [1.807, 2.05) is 0 Å². The summed E-state index contributed by atoms with van der Waals surface area (Å²) in [7, 11) is -3.75. The summed E-state index contributed by atoms with van der Waals surface area (Å²) in [5, 5.41) is 9.92. The Balaban J connectivity index is 2.18. The number of fused-ring (bicyclic) bond motifs is 1. The first-order valence-corrected chi connectivity index (χ1v) is 11.5. The summed E-state index contributed by atoms with van der Waals surface area (Å²) >= 11 is 3.26. The third kappa shape index (κ3) is 4.32. The van der Waals surface area contributed by atoms with E-state index in [1.165, 1.54) is 29.8 Å². The molecule has 0 N–H and O–H groups in total. The van der Waals surface area contributed by atoms with Crippen molar-refractivity contribution in [2.45, 2.75) is 30.3 Å². The van der Waals surface area contributed by atoms with Gasteiger partial charge in [0.05, 0.1) is 22.6 Å². The van der Waals surface area contributed by atoms with Crippen LogP contribution in [0.1, 0.15) is 30.5 Å². The molecule has 0 aromatic carbocycles. The zero-order chi connectivity index (χ0) is 22.1. The first-order valence-electron chi connectivity index (χ1n) is 8.71. The second-order valence-corrected chi connectivity index (χ2v) is 9.38. The summed E-state index contributed by atoms with van der Waals surface area (Å²) in [6, 6.07) is 4.28. The molecule has 0 radical (unpaired) electrons.